The Morgan fingerprint density at radius 1 is 0.917 bits per heavy atom. The Bertz CT molecular complexity index is 2340. The highest BCUT2D eigenvalue weighted by Gasteiger charge is 2.58. The highest BCUT2D eigenvalue weighted by atomic mass is 32.2. The van der Waals surface area contributed by atoms with E-state index in [1.165, 1.54) is 16.7 Å². The minimum Gasteiger partial charge on any atom is -0.355 e. The molecule has 310 valence electrons. The number of carbonyl (C=O) groups excluding carboxylic acids is 5. The van der Waals surface area contributed by atoms with Crippen LogP contribution in [0.2, 0.25) is 0 Å². The van der Waals surface area contributed by atoms with Crippen LogP contribution < -0.4 is 31.5 Å². The highest BCUT2D eigenvalue weighted by Crippen LogP contribution is 2.60. The van der Waals surface area contributed by atoms with Gasteiger partial charge < -0.3 is 31.1 Å². The maximum atomic E-state index is 13.4. The quantitative estimate of drug-likeness (QED) is 0.169. The Morgan fingerprint density at radius 3 is 2.43 bits per heavy atom. The van der Waals surface area contributed by atoms with Crippen molar-refractivity contribution >= 4 is 58.6 Å². The van der Waals surface area contributed by atoms with E-state index in [9.17, 15) is 24.0 Å². The molecule has 4 aromatic rings. The maximum Gasteiger partial charge on any atom is 0.272 e. The first kappa shape index (κ1) is 39.5. The molecule has 16 nitrogen and oxygen atoms in total. The number of piperidine rings is 3. The van der Waals surface area contributed by atoms with Crippen LogP contribution in [0.1, 0.15) is 83.8 Å². The monoisotopic (exact) mass is 829 g/mol. The second kappa shape index (κ2) is 15.9. The fourth-order valence-electron chi connectivity index (χ4n) is 8.84. The number of nitrogens with two attached hydrogens (primary N) is 1. The summed E-state index contributed by atoms with van der Waals surface area (Å²) in [6.45, 7) is 5.79. The summed E-state index contributed by atoms with van der Waals surface area (Å²) in [4.78, 5) is 79.5. The Balaban J connectivity index is 0.723. The number of carbonyl (C=O) groups is 5. The van der Waals surface area contributed by atoms with Gasteiger partial charge in [-0.2, -0.15) is 0 Å². The van der Waals surface area contributed by atoms with E-state index in [-0.39, 0.29) is 65.7 Å². The fourth-order valence-corrected chi connectivity index (χ4v) is 9.62. The van der Waals surface area contributed by atoms with Gasteiger partial charge in [0.1, 0.15) is 16.9 Å². The first-order valence-electron chi connectivity index (χ1n) is 20.5. The smallest absolute Gasteiger partial charge is 0.272 e. The van der Waals surface area contributed by atoms with Crippen molar-refractivity contribution in [1.82, 2.24) is 35.7 Å². The SMILES string of the molecule is CC1(N)CCN(c2cnc(Sc3cccc(NC(=O)C4CC45CCN(c4ccc(C(=O)NCc6ccc7c(c6)CN(C6CCC(=O)NC6=O)C7=O)nn4)CC5)c3)cn2)CC1. The molecular formula is C43H47N11O5S. The number of amides is 5. The molecule has 0 bridgehead atoms. The summed E-state index contributed by atoms with van der Waals surface area (Å²) in [5.41, 5.74) is 9.17. The largest absolute Gasteiger partial charge is 0.355 e. The predicted molar refractivity (Wildman–Crippen MR) is 223 cm³/mol. The Hall–Kier alpha value is -5.94. The molecule has 4 aliphatic heterocycles. The standard InChI is InChI=1S/C43H47N11O5S/c1-42(44)11-15-53(16-12-42)35-23-46-37(24-45-35)60-29-4-2-3-28(20-29)48-38(56)31-21-43(31)13-17-52(18-14-43)34-9-7-32(50-51-34)39(57)47-22-26-5-6-30-27(19-26)25-54(41(30)59)33-8-10-36(55)49-40(33)58/h2-7,9,19-20,23-24,31,33H,8,10-18,21-22,25,44H2,1H3,(H,47,57)(H,48,56)(H,49,55,58). The molecule has 1 saturated carbocycles. The van der Waals surface area contributed by atoms with Crippen molar-refractivity contribution < 1.29 is 24.0 Å². The second-order valence-electron chi connectivity index (χ2n) is 16.9. The third-order valence-corrected chi connectivity index (χ3v) is 13.6. The molecule has 5 N–H and O–H groups in total. The molecule has 17 heteroatoms. The first-order chi connectivity index (χ1) is 28.9. The lowest BCUT2D eigenvalue weighted by atomic mass is 9.90. The van der Waals surface area contributed by atoms with E-state index >= 15 is 0 Å². The molecule has 5 amide bonds. The molecule has 5 aliphatic rings. The number of aromatic nitrogens is 4. The van der Waals surface area contributed by atoms with Gasteiger partial charge in [0.25, 0.3) is 11.8 Å². The van der Waals surface area contributed by atoms with E-state index < -0.39 is 11.9 Å². The van der Waals surface area contributed by atoms with Crippen LogP contribution in [0, 0.1) is 11.3 Å². The molecule has 9 rings (SSSR count). The van der Waals surface area contributed by atoms with Gasteiger partial charge in [-0.3, -0.25) is 29.3 Å². The van der Waals surface area contributed by atoms with Gasteiger partial charge in [0.05, 0.1) is 12.4 Å². The number of nitrogens with zero attached hydrogens (tertiary/aromatic N) is 7. The maximum absolute atomic E-state index is 13.4. The predicted octanol–water partition coefficient (Wildman–Crippen LogP) is 3.67. The second-order valence-corrected chi connectivity index (χ2v) is 18.0. The molecule has 2 aromatic heterocycles. The van der Waals surface area contributed by atoms with Crippen molar-refractivity contribution in [1.29, 1.82) is 0 Å². The van der Waals surface area contributed by atoms with Crippen molar-refractivity contribution in [3.63, 3.8) is 0 Å². The Kier molecular flexibility index (Phi) is 10.5. The third-order valence-electron chi connectivity index (χ3n) is 12.7. The van der Waals surface area contributed by atoms with Crippen LogP contribution in [0.15, 0.2) is 76.9 Å². The topological polar surface area (TPSA) is 209 Å². The molecule has 60 heavy (non-hydrogen) atoms. The van der Waals surface area contributed by atoms with E-state index in [1.807, 2.05) is 36.5 Å². The lowest BCUT2D eigenvalue weighted by molar-refractivity contribution is -0.137. The van der Waals surface area contributed by atoms with Crippen molar-refractivity contribution in [2.45, 2.75) is 86.5 Å². The number of rotatable bonds is 10. The van der Waals surface area contributed by atoms with Gasteiger partial charge in [0.2, 0.25) is 17.7 Å². The van der Waals surface area contributed by atoms with E-state index in [1.54, 1.807) is 30.5 Å². The molecule has 1 spiro atoms. The molecular weight excluding hydrogens is 783 g/mol. The van der Waals surface area contributed by atoms with Gasteiger partial charge in [-0.25, -0.2) is 9.97 Å². The van der Waals surface area contributed by atoms with Gasteiger partial charge in [0, 0.05) is 73.3 Å². The van der Waals surface area contributed by atoms with E-state index in [4.69, 9.17) is 5.73 Å². The van der Waals surface area contributed by atoms with E-state index in [0.29, 0.717) is 17.8 Å². The minimum absolute atomic E-state index is 0.0251. The molecule has 2 unspecified atom stereocenters. The third kappa shape index (κ3) is 8.28. The van der Waals surface area contributed by atoms with Crippen LogP contribution in [-0.2, 0) is 27.5 Å². The van der Waals surface area contributed by atoms with Crippen molar-refractivity contribution in [2.75, 3.05) is 41.3 Å². The van der Waals surface area contributed by atoms with Crippen molar-refractivity contribution in [3.05, 3.63) is 89.4 Å². The van der Waals surface area contributed by atoms with Gasteiger partial charge >= 0.3 is 0 Å². The summed E-state index contributed by atoms with van der Waals surface area (Å²) in [5, 5.41) is 17.7. The zero-order chi connectivity index (χ0) is 41.6. The average molecular weight is 830 g/mol. The first-order valence-corrected chi connectivity index (χ1v) is 21.3. The average Bonchev–Trinajstić information content (AvgIpc) is 3.85. The summed E-state index contributed by atoms with van der Waals surface area (Å²) in [5.74, 6) is 0.147. The number of fused-ring (bicyclic) bond motifs is 1. The molecule has 3 saturated heterocycles. The van der Waals surface area contributed by atoms with E-state index in [2.05, 4.69) is 52.8 Å². The zero-order valence-corrected chi connectivity index (χ0v) is 34.2. The Morgan fingerprint density at radius 2 is 1.70 bits per heavy atom. The summed E-state index contributed by atoms with van der Waals surface area (Å²) in [6, 6.07) is 15.9. The minimum atomic E-state index is -0.683. The normalized spacial score (nSPS) is 21.7. The summed E-state index contributed by atoms with van der Waals surface area (Å²) in [6.07, 6.45) is 8.53. The summed E-state index contributed by atoms with van der Waals surface area (Å²) < 4.78 is 0. The number of hydrogen-bond donors (Lipinski definition) is 4. The van der Waals surface area contributed by atoms with Gasteiger partial charge in [-0.1, -0.05) is 30.0 Å². The molecule has 4 fully saturated rings. The van der Waals surface area contributed by atoms with Crippen LogP contribution >= 0.6 is 11.8 Å². The fraction of sp³-hybridized carbons (Fsp3) is 0.419. The van der Waals surface area contributed by atoms with Gasteiger partial charge in [0.15, 0.2) is 11.5 Å². The van der Waals surface area contributed by atoms with Crippen LogP contribution in [0.5, 0.6) is 0 Å². The van der Waals surface area contributed by atoms with Gasteiger partial charge in [-0.15, -0.1) is 10.2 Å². The molecule has 6 heterocycles. The van der Waals surface area contributed by atoms with Crippen LogP contribution in [0.3, 0.4) is 0 Å². The summed E-state index contributed by atoms with van der Waals surface area (Å²) in [7, 11) is 0. The molecule has 1 aliphatic carbocycles. The molecule has 0 radical (unpaired) electrons. The van der Waals surface area contributed by atoms with Crippen LogP contribution in [0.25, 0.3) is 0 Å². The van der Waals surface area contributed by atoms with Crippen molar-refractivity contribution in [2.24, 2.45) is 17.1 Å². The number of nitrogens with one attached hydrogen (secondary N) is 3. The number of benzene rings is 2. The number of imide groups is 1. The number of hydrogen-bond acceptors (Lipinski definition) is 13. The lowest BCUT2D eigenvalue weighted by Crippen LogP contribution is -2.52. The highest BCUT2D eigenvalue weighted by molar-refractivity contribution is 7.99. The van der Waals surface area contributed by atoms with Crippen LogP contribution in [0.4, 0.5) is 17.3 Å². The lowest BCUT2D eigenvalue weighted by Gasteiger charge is -2.37. The number of anilines is 3. The summed E-state index contributed by atoms with van der Waals surface area (Å²) >= 11 is 1.51. The van der Waals surface area contributed by atoms with Gasteiger partial charge in [-0.05, 0) is 98.4 Å². The Labute approximate surface area is 351 Å². The molecule has 2 aromatic carbocycles. The molecule has 2 atom stereocenters. The van der Waals surface area contributed by atoms with E-state index in [0.717, 1.165) is 90.8 Å². The van der Waals surface area contributed by atoms with Crippen molar-refractivity contribution in [3.8, 4) is 0 Å². The zero-order valence-electron chi connectivity index (χ0n) is 33.4. The van der Waals surface area contributed by atoms with Crippen LogP contribution in [-0.4, -0.2) is 92.4 Å².